The van der Waals surface area contributed by atoms with E-state index in [1.165, 1.54) is 18.4 Å². The lowest BCUT2D eigenvalue weighted by molar-refractivity contribution is 0.790. The number of hydrogen-bond donors (Lipinski definition) is 1. The molecule has 1 heterocycles. The smallest absolute Gasteiger partial charge is 0.0929 e. The van der Waals surface area contributed by atoms with Crippen molar-refractivity contribution in [2.24, 2.45) is 0 Å². The highest BCUT2D eigenvalue weighted by atomic mass is 32.1. The molecule has 0 N–H and O–H groups in total. The summed E-state index contributed by atoms with van der Waals surface area (Å²) >= 11 is 4.11. The van der Waals surface area contributed by atoms with E-state index in [0.29, 0.717) is 0 Å². The molecule has 60 valence electrons. The second-order valence-corrected chi connectivity index (χ2v) is 3.09. The molecule has 0 unspecified atom stereocenters. The van der Waals surface area contributed by atoms with Crippen LogP contribution in [0, 0.1) is 0 Å². The van der Waals surface area contributed by atoms with E-state index in [9.17, 15) is 0 Å². The van der Waals surface area contributed by atoms with Crippen LogP contribution < -0.4 is 0 Å². The van der Waals surface area contributed by atoms with Crippen LogP contribution in [-0.4, -0.2) is 4.98 Å². The molecule has 1 aromatic heterocycles. The molecule has 0 amide bonds. The Hall–Kier alpha value is -0.500. The van der Waals surface area contributed by atoms with Gasteiger partial charge in [0.05, 0.1) is 5.03 Å². The summed E-state index contributed by atoms with van der Waals surface area (Å²) in [6.07, 6.45) is 5.52. The third kappa shape index (κ3) is 2.93. The van der Waals surface area contributed by atoms with Crippen molar-refractivity contribution in [3.8, 4) is 0 Å². The molecular formula is C9H13NS. The summed E-state index contributed by atoms with van der Waals surface area (Å²) in [7, 11) is 0. The van der Waals surface area contributed by atoms with Crippen LogP contribution in [0.15, 0.2) is 23.4 Å². The summed E-state index contributed by atoms with van der Waals surface area (Å²) in [5, 5.41) is 0.797. The summed E-state index contributed by atoms with van der Waals surface area (Å²) in [6, 6.07) is 4.03. The van der Waals surface area contributed by atoms with Crippen LogP contribution in [0.2, 0.25) is 0 Å². The van der Waals surface area contributed by atoms with Crippen LogP contribution in [0.3, 0.4) is 0 Å². The zero-order valence-electron chi connectivity index (χ0n) is 6.75. The molecule has 0 aliphatic carbocycles. The van der Waals surface area contributed by atoms with Gasteiger partial charge < -0.3 is 0 Å². The van der Waals surface area contributed by atoms with Crippen molar-refractivity contribution in [2.45, 2.75) is 31.2 Å². The van der Waals surface area contributed by atoms with Gasteiger partial charge >= 0.3 is 0 Å². The van der Waals surface area contributed by atoms with Crippen LogP contribution in [-0.2, 0) is 6.42 Å². The maximum atomic E-state index is 4.11. The zero-order chi connectivity index (χ0) is 8.10. The number of unbranched alkanes of at least 4 members (excludes halogenated alkanes) is 1. The van der Waals surface area contributed by atoms with Gasteiger partial charge in [-0.3, -0.25) is 0 Å². The second kappa shape index (κ2) is 4.39. The molecule has 0 saturated carbocycles. The SMILES string of the molecule is CCCCc1ccc(S)nc1. The highest BCUT2D eigenvalue weighted by Crippen LogP contribution is 2.06. The lowest BCUT2D eigenvalue weighted by atomic mass is 10.1. The first-order chi connectivity index (χ1) is 5.33. The van der Waals surface area contributed by atoms with Gasteiger partial charge in [-0.2, -0.15) is 0 Å². The van der Waals surface area contributed by atoms with Crippen molar-refractivity contribution in [3.05, 3.63) is 23.9 Å². The fourth-order valence-corrected chi connectivity index (χ4v) is 1.08. The highest BCUT2D eigenvalue weighted by Gasteiger charge is 1.91. The fourth-order valence-electron chi connectivity index (χ4n) is 0.945. The van der Waals surface area contributed by atoms with Gasteiger partial charge in [-0.15, -0.1) is 12.6 Å². The zero-order valence-corrected chi connectivity index (χ0v) is 7.64. The normalized spacial score (nSPS) is 10.0. The number of thiol groups is 1. The Balaban J connectivity index is 2.52. The molecular weight excluding hydrogens is 154 g/mol. The Kier molecular flexibility index (Phi) is 3.43. The summed E-state index contributed by atoms with van der Waals surface area (Å²) in [6.45, 7) is 2.19. The molecule has 0 radical (unpaired) electrons. The Morgan fingerprint density at radius 1 is 1.45 bits per heavy atom. The first kappa shape index (κ1) is 8.60. The number of rotatable bonds is 3. The standard InChI is InChI=1S/C9H13NS/c1-2-3-4-8-5-6-9(11)10-7-8/h5-7H,2-4H2,1H3,(H,10,11). The largest absolute Gasteiger partial charge is 0.250 e. The van der Waals surface area contributed by atoms with Crippen LogP contribution in [0.1, 0.15) is 25.3 Å². The molecule has 0 saturated heterocycles. The summed E-state index contributed by atoms with van der Waals surface area (Å²) in [4.78, 5) is 4.10. The monoisotopic (exact) mass is 167 g/mol. The van der Waals surface area contributed by atoms with Crippen LogP contribution in [0.5, 0.6) is 0 Å². The quantitative estimate of drug-likeness (QED) is 0.683. The third-order valence-electron chi connectivity index (χ3n) is 1.63. The molecule has 0 aliphatic heterocycles. The van der Waals surface area contributed by atoms with Crippen LogP contribution in [0.25, 0.3) is 0 Å². The maximum Gasteiger partial charge on any atom is 0.0929 e. The van der Waals surface area contributed by atoms with E-state index >= 15 is 0 Å². The summed E-state index contributed by atoms with van der Waals surface area (Å²) in [5.74, 6) is 0. The summed E-state index contributed by atoms with van der Waals surface area (Å²) < 4.78 is 0. The molecule has 0 aliphatic rings. The van der Waals surface area contributed by atoms with E-state index in [2.05, 4.69) is 30.6 Å². The van der Waals surface area contributed by atoms with Crippen molar-refractivity contribution >= 4 is 12.6 Å². The van der Waals surface area contributed by atoms with E-state index < -0.39 is 0 Å². The third-order valence-corrected chi connectivity index (χ3v) is 1.89. The lowest BCUT2D eigenvalue weighted by Crippen LogP contribution is -1.85. The van der Waals surface area contributed by atoms with Gasteiger partial charge in [0.15, 0.2) is 0 Å². The van der Waals surface area contributed by atoms with E-state index in [1.807, 2.05) is 12.3 Å². The minimum atomic E-state index is 0.797. The molecule has 11 heavy (non-hydrogen) atoms. The van der Waals surface area contributed by atoms with Gasteiger partial charge in [-0.25, -0.2) is 4.98 Å². The molecule has 1 aromatic rings. The predicted octanol–water partition coefficient (Wildman–Crippen LogP) is 2.71. The molecule has 0 atom stereocenters. The predicted molar refractivity (Wildman–Crippen MR) is 50.1 cm³/mol. The van der Waals surface area contributed by atoms with E-state index in [-0.39, 0.29) is 0 Å². The lowest BCUT2D eigenvalue weighted by Gasteiger charge is -1.97. The number of pyridine rings is 1. The number of aryl methyl sites for hydroxylation is 1. The van der Waals surface area contributed by atoms with Gasteiger partial charge in [-0.05, 0) is 24.5 Å². The second-order valence-electron chi connectivity index (χ2n) is 2.63. The number of nitrogens with zero attached hydrogens (tertiary/aromatic N) is 1. The average molecular weight is 167 g/mol. The number of hydrogen-bond acceptors (Lipinski definition) is 2. The van der Waals surface area contributed by atoms with Crippen molar-refractivity contribution in [1.29, 1.82) is 0 Å². The maximum absolute atomic E-state index is 4.11. The first-order valence-corrected chi connectivity index (χ1v) is 4.41. The average Bonchev–Trinajstić information content (AvgIpc) is 2.04. The minimum absolute atomic E-state index is 0.797. The van der Waals surface area contributed by atoms with Crippen molar-refractivity contribution in [2.75, 3.05) is 0 Å². The van der Waals surface area contributed by atoms with Gasteiger partial charge in [0.2, 0.25) is 0 Å². The van der Waals surface area contributed by atoms with Crippen molar-refractivity contribution < 1.29 is 0 Å². The van der Waals surface area contributed by atoms with Gasteiger partial charge in [0, 0.05) is 6.20 Å². The minimum Gasteiger partial charge on any atom is -0.250 e. The molecule has 0 aromatic carbocycles. The van der Waals surface area contributed by atoms with Crippen molar-refractivity contribution in [3.63, 3.8) is 0 Å². The Morgan fingerprint density at radius 2 is 2.27 bits per heavy atom. The van der Waals surface area contributed by atoms with Gasteiger partial charge in [0.1, 0.15) is 0 Å². The fraction of sp³-hybridized carbons (Fsp3) is 0.444. The highest BCUT2D eigenvalue weighted by molar-refractivity contribution is 7.80. The molecule has 0 spiro atoms. The van der Waals surface area contributed by atoms with Gasteiger partial charge in [0.25, 0.3) is 0 Å². The Morgan fingerprint density at radius 3 is 2.82 bits per heavy atom. The molecule has 0 fully saturated rings. The van der Waals surface area contributed by atoms with Crippen LogP contribution in [0.4, 0.5) is 0 Å². The molecule has 2 heteroatoms. The Labute approximate surface area is 73.3 Å². The van der Waals surface area contributed by atoms with Crippen LogP contribution >= 0.6 is 12.6 Å². The van der Waals surface area contributed by atoms with Gasteiger partial charge in [-0.1, -0.05) is 19.4 Å². The van der Waals surface area contributed by atoms with E-state index in [4.69, 9.17) is 0 Å². The molecule has 0 bridgehead atoms. The first-order valence-electron chi connectivity index (χ1n) is 3.97. The van der Waals surface area contributed by atoms with E-state index in [1.54, 1.807) is 0 Å². The topological polar surface area (TPSA) is 12.9 Å². The van der Waals surface area contributed by atoms with E-state index in [0.717, 1.165) is 11.4 Å². The Bertz CT molecular complexity index is 205. The number of aromatic nitrogens is 1. The van der Waals surface area contributed by atoms with Crippen molar-refractivity contribution in [1.82, 2.24) is 4.98 Å². The summed E-state index contributed by atoms with van der Waals surface area (Å²) in [5.41, 5.74) is 1.31. The molecule has 1 rings (SSSR count). The molecule has 1 nitrogen and oxygen atoms in total.